The van der Waals surface area contributed by atoms with Crippen molar-refractivity contribution in [2.24, 2.45) is 0 Å². The second-order valence-corrected chi connectivity index (χ2v) is 4.88. The van der Waals surface area contributed by atoms with Gasteiger partial charge in [-0.25, -0.2) is 4.39 Å². The Balaban J connectivity index is 2.00. The lowest BCUT2D eigenvalue weighted by Gasteiger charge is -2.17. The summed E-state index contributed by atoms with van der Waals surface area (Å²) >= 11 is 12.0. The van der Waals surface area contributed by atoms with Gasteiger partial charge in [0.25, 0.3) is 0 Å². The third kappa shape index (κ3) is 3.43. The molecule has 0 aliphatic rings. The predicted molar refractivity (Wildman–Crippen MR) is 72.9 cm³/mol. The molecule has 4 nitrogen and oxygen atoms in total. The zero-order valence-corrected chi connectivity index (χ0v) is 11.8. The van der Waals surface area contributed by atoms with E-state index in [1.54, 1.807) is 17.1 Å². The van der Waals surface area contributed by atoms with Crippen molar-refractivity contribution >= 4 is 23.2 Å². The monoisotopic (exact) mass is 302 g/mol. The molecule has 0 radical (unpaired) electrons. The Hall–Kier alpha value is -1.17. The van der Waals surface area contributed by atoms with Crippen LogP contribution in [-0.2, 0) is 6.54 Å². The summed E-state index contributed by atoms with van der Waals surface area (Å²) < 4.78 is 15.1. The van der Waals surface area contributed by atoms with Crippen molar-refractivity contribution in [2.45, 2.75) is 19.5 Å². The highest BCUT2D eigenvalue weighted by molar-refractivity contribution is 6.36. The van der Waals surface area contributed by atoms with Crippen molar-refractivity contribution in [1.82, 2.24) is 20.3 Å². The van der Waals surface area contributed by atoms with Gasteiger partial charge in [0.1, 0.15) is 5.82 Å². The van der Waals surface area contributed by atoms with Crippen molar-refractivity contribution in [3.63, 3.8) is 0 Å². The largest absolute Gasteiger partial charge is 0.308 e. The molecule has 1 aromatic heterocycles. The zero-order valence-electron chi connectivity index (χ0n) is 10.3. The van der Waals surface area contributed by atoms with Crippen LogP contribution in [0.3, 0.4) is 0 Å². The summed E-state index contributed by atoms with van der Waals surface area (Å²) in [5.41, 5.74) is 0.571. The number of halogens is 3. The Labute approximate surface area is 120 Å². The van der Waals surface area contributed by atoms with E-state index < -0.39 is 5.82 Å². The van der Waals surface area contributed by atoms with Gasteiger partial charge in [-0.05, 0) is 19.1 Å². The average Bonchev–Trinajstić information content (AvgIpc) is 2.87. The topological polar surface area (TPSA) is 42.7 Å². The summed E-state index contributed by atoms with van der Waals surface area (Å²) in [7, 11) is 0. The summed E-state index contributed by atoms with van der Waals surface area (Å²) in [6.45, 7) is 3.19. The lowest BCUT2D eigenvalue weighted by atomic mass is 10.1. The zero-order chi connectivity index (χ0) is 13.8. The molecule has 0 saturated carbocycles. The molecule has 1 aromatic carbocycles. The first-order chi connectivity index (χ1) is 9.09. The van der Waals surface area contributed by atoms with Gasteiger partial charge in [0.15, 0.2) is 0 Å². The SMILES string of the molecule is CC(NCCn1ccnn1)c1c(Cl)ccc(F)c1Cl. The maximum Gasteiger partial charge on any atom is 0.142 e. The van der Waals surface area contributed by atoms with Crippen LogP contribution in [0.2, 0.25) is 10.0 Å². The number of benzene rings is 1. The van der Waals surface area contributed by atoms with Gasteiger partial charge in [-0.3, -0.25) is 4.68 Å². The van der Waals surface area contributed by atoms with Crippen LogP contribution >= 0.6 is 23.2 Å². The first-order valence-electron chi connectivity index (χ1n) is 5.80. The van der Waals surface area contributed by atoms with Crippen LogP contribution < -0.4 is 5.32 Å². The van der Waals surface area contributed by atoms with Crippen molar-refractivity contribution in [3.8, 4) is 0 Å². The lowest BCUT2D eigenvalue weighted by molar-refractivity contribution is 0.497. The smallest absolute Gasteiger partial charge is 0.142 e. The number of hydrogen-bond acceptors (Lipinski definition) is 3. The Kier molecular flexibility index (Phi) is 4.74. The van der Waals surface area contributed by atoms with Crippen molar-refractivity contribution in [2.75, 3.05) is 6.54 Å². The van der Waals surface area contributed by atoms with Crippen LogP contribution in [0, 0.1) is 5.82 Å². The second-order valence-electron chi connectivity index (χ2n) is 4.10. The van der Waals surface area contributed by atoms with E-state index in [-0.39, 0.29) is 11.1 Å². The molecule has 0 spiro atoms. The molecule has 2 aromatic rings. The van der Waals surface area contributed by atoms with Gasteiger partial charge in [0.2, 0.25) is 0 Å². The Morgan fingerprint density at radius 1 is 1.42 bits per heavy atom. The molecular weight excluding hydrogens is 290 g/mol. The highest BCUT2D eigenvalue weighted by Gasteiger charge is 2.16. The molecule has 102 valence electrons. The molecule has 2 rings (SSSR count). The van der Waals surface area contributed by atoms with Crippen LogP contribution in [0.15, 0.2) is 24.5 Å². The van der Waals surface area contributed by atoms with Crippen LogP contribution in [0.25, 0.3) is 0 Å². The van der Waals surface area contributed by atoms with Crippen molar-refractivity contribution in [3.05, 3.63) is 46.0 Å². The van der Waals surface area contributed by atoms with E-state index in [1.165, 1.54) is 12.1 Å². The van der Waals surface area contributed by atoms with Crippen molar-refractivity contribution in [1.29, 1.82) is 0 Å². The molecule has 1 N–H and O–H groups in total. The van der Waals surface area contributed by atoms with Gasteiger partial charge >= 0.3 is 0 Å². The fourth-order valence-corrected chi connectivity index (χ4v) is 2.49. The molecule has 0 aliphatic carbocycles. The van der Waals surface area contributed by atoms with E-state index in [2.05, 4.69) is 15.6 Å². The Bertz CT molecular complexity index is 545. The molecule has 7 heteroatoms. The molecule has 0 bridgehead atoms. The maximum absolute atomic E-state index is 13.4. The van der Waals surface area contributed by atoms with Crippen LogP contribution in [-0.4, -0.2) is 21.5 Å². The Morgan fingerprint density at radius 3 is 2.89 bits per heavy atom. The molecule has 1 atom stereocenters. The third-order valence-electron chi connectivity index (χ3n) is 2.78. The minimum atomic E-state index is -0.467. The van der Waals surface area contributed by atoms with Gasteiger partial charge < -0.3 is 5.32 Å². The molecule has 1 unspecified atom stereocenters. The minimum Gasteiger partial charge on any atom is -0.308 e. The summed E-state index contributed by atoms with van der Waals surface area (Å²) in [5, 5.41) is 11.3. The second kappa shape index (κ2) is 6.32. The van der Waals surface area contributed by atoms with Gasteiger partial charge in [-0.1, -0.05) is 28.4 Å². The molecule has 0 fully saturated rings. The fourth-order valence-electron chi connectivity index (χ4n) is 1.79. The summed E-state index contributed by atoms with van der Waals surface area (Å²) in [5.74, 6) is -0.467. The average molecular weight is 303 g/mol. The lowest BCUT2D eigenvalue weighted by Crippen LogP contribution is -2.24. The van der Waals surface area contributed by atoms with Crippen LogP contribution in [0.4, 0.5) is 4.39 Å². The van der Waals surface area contributed by atoms with E-state index in [4.69, 9.17) is 23.2 Å². The van der Waals surface area contributed by atoms with Gasteiger partial charge in [0.05, 0.1) is 17.8 Å². The van der Waals surface area contributed by atoms with Gasteiger partial charge in [-0.2, -0.15) is 0 Å². The number of aromatic nitrogens is 3. The number of nitrogens with zero attached hydrogens (tertiary/aromatic N) is 3. The Morgan fingerprint density at radius 2 is 2.21 bits per heavy atom. The molecule has 1 heterocycles. The van der Waals surface area contributed by atoms with Crippen molar-refractivity contribution < 1.29 is 4.39 Å². The van der Waals surface area contributed by atoms with E-state index >= 15 is 0 Å². The molecular formula is C12H13Cl2FN4. The summed E-state index contributed by atoms with van der Waals surface area (Å²) in [6, 6.07) is 2.61. The van der Waals surface area contributed by atoms with E-state index in [1.807, 2.05) is 6.92 Å². The highest BCUT2D eigenvalue weighted by atomic mass is 35.5. The molecule has 0 saturated heterocycles. The quantitative estimate of drug-likeness (QED) is 0.863. The van der Waals surface area contributed by atoms with Gasteiger partial charge in [0, 0.05) is 29.4 Å². The van der Waals surface area contributed by atoms with Gasteiger partial charge in [-0.15, -0.1) is 5.10 Å². The predicted octanol–water partition coefficient (Wildman–Crippen LogP) is 3.07. The van der Waals surface area contributed by atoms with Crippen LogP contribution in [0.5, 0.6) is 0 Å². The first-order valence-corrected chi connectivity index (χ1v) is 6.56. The minimum absolute atomic E-state index is 0.0632. The van der Waals surface area contributed by atoms with Crippen LogP contribution in [0.1, 0.15) is 18.5 Å². The number of nitrogens with one attached hydrogen (secondary N) is 1. The van der Waals surface area contributed by atoms with E-state index in [0.717, 1.165) is 0 Å². The molecule has 0 amide bonds. The number of hydrogen-bond donors (Lipinski definition) is 1. The summed E-state index contributed by atoms with van der Waals surface area (Å²) in [4.78, 5) is 0. The number of rotatable bonds is 5. The highest BCUT2D eigenvalue weighted by Crippen LogP contribution is 2.32. The van der Waals surface area contributed by atoms with E-state index in [9.17, 15) is 4.39 Å². The summed E-state index contributed by atoms with van der Waals surface area (Å²) in [6.07, 6.45) is 3.39. The normalized spacial score (nSPS) is 12.6. The maximum atomic E-state index is 13.4. The third-order valence-corrected chi connectivity index (χ3v) is 3.49. The fraction of sp³-hybridized carbons (Fsp3) is 0.333. The molecule has 19 heavy (non-hydrogen) atoms. The molecule has 0 aliphatic heterocycles. The van der Waals surface area contributed by atoms with E-state index in [0.29, 0.717) is 23.7 Å². The first kappa shape index (κ1) is 14.2. The standard InChI is InChI=1S/C12H13Cl2FN4/c1-8(16-4-6-19-7-5-17-18-19)11-9(13)2-3-10(15)12(11)14/h2-3,5,7-8,16H,4,6H2,1H3.